The second-order valence-electron chi connectivity index (χ2n) is 16.0. The first-order valence-electron chi connectivity index (χ1n) is 21.0. The molecule has 3 heterocycles. The Kier molecular flexibility index (Phi) is 13.9. The minimum atomic E-state index is -0.197. The van der Waals surface area contributed by atoms with Gasteiger partial charge in [-0.2, -0.15) is 0 Å². The van der Waals surface area contributed by atoms with Gasteiger partial charge in [-0.15, -0.1) is 0 Å². The largest absolute Gasteiger partial charge is 0.504 e. The summed E-state index contributed by atoms with van der Waals surface area (Å²) in [5, 5.41) is 83.6. The molecule has 0 aliphatic carbocycles. The second-order valence-corrected chi connectivity index (χ2v) is 16.0. The Morgan fingerprint density at radius 3 is 1.26 bits per heavy atom. The monoisotopic (exact) mass is 889 g/mol. The molecule has 0 spiro atoms. The summed E-state index contributed by atoms with van der Waals surface area (Å²) in [7, 11) is 8.55. The molecule has 9 rings (SSSR count). The molecule has 0 fully saturated rings. The number of ether oxygens (including phenoxy) is 4. The van der Waals surface area contributed by atoms with Gasteiger partial charge >= 0.3 is 0 Å². The van der Waals surface area contributed by atoms with E-state index in [1.165, 1.54) is 41.5 Å². The number of phenolic OH excluding ortho intramolecular Hbond substituents is 8. The van der Waals surface area contributed by atoms with Gasteiger partial charge in [-0.05, 0) is 149 Å². The first-order chi connectivity index (χ1) is 31.2. The zero-order valence-electron chi connectivity index (χ0n) is 36.8. The summed E-state index contributed by atoms with van der Waals surface area (Å²) in [6, 6.07) is 25.3. The lowest BCUT2D eigenvalue weighted by molar-refractivity contribution is 0.261. The number of rotatable bonds is 7. The van der Waals surface area contributed by atoms with Crippen molar-refractivity contribution >= 4 is 0 Å². The van der Waals surface area contributed by atoms with Crippen LogP contribution in [0.3, 0.4) is 0 Å². The summed E-state index contributed by atoms with van der Waals surface area (Å²) < 4.78 is 21.6. The predicted molar refractivity (Wildman–Crippen MR) is 243 cm³/mol. The van der Waals surface area contributed by atoms with Gasteiger partial charge in [-0.3, -0.25) is 4.90 Å². The summed E-state index contributed by atoms with van der Waals surface area (Å²) in [5.41, 5.74) is 9.03. The molecule has 0 saturated heterocycles. The van der Waals surface area contributed by atoms with Crippen LogP contribution < -0.4 is 29.6 Å². The van der Waals surface area contributed by atoms with Crippen LogP contribution in [0.25, 0.3) is 0 Å². The van der Waals surface area contributed by atoms with E-state index in [2.05, 4.69) is 15.5 Å². The van der Waals surface area contributed by atoms with E-state index in [0.717, 1.165) is 89.3 Å². The summed E-state index contributed by atoms with van der Waals surface area (Å²) in [6.45, 7) is 2.45. The fourth-order valence-corrected chi connectivity index (χ4v) is 8.72. The summed E-state index contributed by atoms with van der Waals surface area (Å²) in [6.07, 6.45) is 2.58. The maximum Gasteiger partial charge on any atom is 0.161 e. The molecule has 0 saturated carbocycles. The van der Waals surface area contributed by atoms with E-state index >= 15 is 0 Å². The Balaban J connectivity index is 0.000000146. The lowest BCUT2D eigenvalue weighted by atomic mass is 9.88. The van der Waals surface area contributed by atoms with Crippen LogP contribution >= 0.6 is 0 Å². The molecule has 3 atom stereocenters. The van der Waals surface area contributed by atoms with Crippen molar-refractivity contribution in [1.82, 2.24) is 15.5 Å². The second kappa shape index (κ2) is 19.7. The number of nitrogens with zero attached hydrogens (tertiary/aromatic N) is 1. The Morgan fingerprint density at radius 1 is 0.415 bits per heavy atom. The van der Waals surface area contributed by atoms with Crippen molar-refractivity contribution in [2.24, 2.45) is 0 Å². The van der Waals surface area contributed by atoms with E-state index < -0.39 is 0 Å². The van der Waals surface area contributed by atoms with Gasteiger partial charge in [0.2, 0.25) is 0 Å². The molecule has 0 amide bonds. The normalized spacial score (nSPS) is 17.4. The quantitative estimate of drug-likeness (QED) is 0.0746. The van der Waals surface area contributed by atoms with Crippen LogP contribution in [0.15, 0.2) is 91.0 Å². The first kappa shape index (κ1) is 45.8. The molecule has 342 valence electrons. The van der Waals surface area contributed by atoms with Crippen molar-refractivity contribution in [3.8, 4) is 69.0 Å². The van der Waals surface area contributed by atoms with Crippen LogP contribution in [0.2, 0.25) is 0 Å². The molecule has 3 aliphatic rings. The standard InChI is InChI=1S/C18H21NO4.C17H19NO4.C15H15NO4/c1-19-7-6-11-9-16(22-2)17(23-3)10-13(11)18(19)12-4-5-14(20)15(21)8-12;1-21-15-8-10-5-6-18-17(12(10)9-16(15)22-2)11-3-4-13(19)14(20)7-11;17-11-2-1-9(6-12(11)18)15-10-7-14(20)13(19)5-8(10)3-4-16-15/h4-5,8-10,18,20-21H,6-7H2,1-3H3;3-4,7-9,17-20H,5-6H2,1-2H3;1-2,5-7,15-20H,3-4H2. The van der Waals surface area contributed by atoms with Gasteiger partial charge in [-0.25, -0.2) is 0 Å². The molecule has 10 N–H and O–H groups in total. The van der Waals surface area contributed by atoms with Gasteiger partial charge in [0.25, 0.3) is 0 Å². The summed E-state index contributed by atoms with van der Waals surface area (Å²) in [5.74, 6) is 1.71. The number of methoxy groups -OCH3 is 4. The molecular weight excluding hydrogens is 835 g/mol. The molecule has 15 nitrogen and oxygen atoms in total. The molecule has 15 heteroatoms. The zero-order valence-corrected chi connectivity index (χ0v) is 36.8. The third-order valence-electron chi connectivity index (χ3n) is 12.1. The van der Waals surface area contributed by atoms with Crippen molar-refractivity contribution in [1.29, 1.82) is 0 Å². The minimum Gasteiger partial charge on any atom is -0.504 e. The van der Waals surface area contributed by atoms with Gasteiger partial charge in [0, 0.05) is 19.6 Å². The van der Waals surface area contributed by atoms with Crippen molar-refractivity contribution < 1.29 is 59.8 Å². The molecule has 65 heavy (non-hydrogen) atoms. The van der Waals surface area contributed by atoms with Gasteiger partial charge in [-0.1, -0.05) is 18.2 Å². The van der Waals surface area contributed by atoms with Crippen LogP contribution in [0.1, 0.15) is 68.2 Å². The number of phenols is 8. The van der Waals surface area contributed by atoms with Crippen LogP contribution in [0, 0.1) is 0 Å². The number of fused-ring (bicyclic) bond motifs is 3. The maximum atomic E-state index is 9.83. The van der Waals surface area contributed by atoms with E-state index in [0.29, 0.717) is 11.5 Å². The van der Waals surface area contributed by atoms with Crippen LogP contribution in [0.5, 0.6) is 69.0 Å². The molecule has 0 bridgehead atoms. The van der Waals surface area contributed by atoms with E-state index in [4.69, 9.17) is 18.9 Å². The van der Waals surface area contributed by atoms with Crippen LogP contribution in [0.4, 0.5) is 0 Å². The Hall–Kier alpha value is -7.20. The molecule has 6 aromatic rings. The summed E-state index contributed by atoms with van der Waals surface area (Å²) >= 11 is 0. The molecule has 3 unspecified atom stereocenters. The van der Waals surface area contributed by atoms with Crippen molar-refractivity contribution in [2.45, 2.75) is 37.4 Å². The third-order valence-corrected chi connectivity index (χ3v) is 12.1. The highest BCUT2D eigenvalue weighted by atomic mass is 16.5. The molecular formula is C50H55N3O12. The molecule has 0 radical (unpaired) electrons. The Labute approximate surface area is 376 Å². The zero-order chi connectivity index (χ0) is 46.5. The smallest absolute Gasteiger partial charge is 0.161 e. The van der Waals surface area contributed by atoms with Gasteiger partial charge in [0.05, 0.1) is 46.6 Å². The lowest BCUT2D eigenvalue weighted by Crippen LogP contribution is -2.32. The van der Waals surface area contributed by atoms with Crippen molar-refractivity contribution in [3.05, 3.63) is 141 Å². The molecule has 6 aromatic carbocycles. The minimum absolute atomic E-state index is 0.00921. The van der Waals surface area contributed by atoms with E-state index in [1.54, 1.807) is 58.8 Å². The van der Waals surface area contributed by atoms with Crippen LogP contribution in [-0.4, -0.2) is 101 Å². The maximum absolute atomic E-state index is 9.83. The fourth-order valence-electron chi connectivity index (χ4n) is 8.72. The topological polar surface area (TPSA) is 226 Å². The number of hydrogen-bond donors (Lipinski definition) is 10. The van der Waals surface area contributed by atoms with E-state index in [1.807, 2.05) is 37.4 Å². The molecule has 3 aliphatic heterocycles. The average Bonchev–Trinajstić information content (AvgIpc) is 3.31. The first-order valence-corrected chi connectivity index (χ1v) is 21.0. The molecule has 0 aromatic heterocycles. The van der Waals surface area contributed by atoms with Crippen molar-refractivity contribution in [2.75, 3.05) is 55.1 Å². The lowest BCUT2D eigenvalue weighted by Gasteiger charge is -2.35. The summed E-state index contributed by atoms with van der Waals surface area (Å²) in [4.78, 5) is 2.22. The van der Waals surface area contributed by atoms with E-state index in [9.17, 15) is 40.9 Å². The number of nitrogens with one attached hydrogen (secondary N) is 2. The van der Waals surface area contributed by atoms with Gasteiger partial charge in [0.15, 0.2) is 69.0 Å². The predicted octanol–water partition coefficient (Wildman–Crippen LogP) is 6.79. The SMILES string of the molecule is COc1cc2c(cc1OC)C(c1ccc(O)c(O)c1)N(C)CC2.COc1cc2c(cc1OC)C(c1ccc(O)c(O)c1)NCC2.Oc1ccc(C2NCCc3cc(O)c(O)cc32)cc1O. The Bertz CT molecular complexity index is 2670. The van der Waals surface area contributed by atoms with E-state index in [-0.39, 0.29) is 64.1 Å². The highest BCUT2D eigenvalue weighted by Crippen LogP contribution is 2.43. The fraction of sp³-hybridized carbons (Fsp3) is 0.280. The van der Waals surface area contributed by atoms with Crippen LogP contribution in [-0.2, 0) is 19.3 Å². The highest BCUT2D eigenvalue weighted by molar-refractivity contribution is 5.55. The third kappa shape index (κ3) is 9.67. The highest BCUT2D eigenvalue weighted by Gasteiger charge is 2.29. The number of aromatic hydroxyl groups is 8. The van der Waals surface area contributed by atoms with Crippen molar-refractivity contribution in [3.63, 3.8) is 0 Å². The Morgan fingerprint density at radius 2 is 0.785 bits per heavy atom. The van der Waals surface area contributed by atoms with Gasteiger partial charge in [0.1, 0.15) is 0 Å². The number of benzene rings is 6. The average molecular weight is 890 g/mol. The number of likely N-dealkylation sites (N-methyl/N-ethyl adjacent to an activating group) is 1. The van der Waals surface area contributed by atoms with Gasteiger partial charge < -0.3 is 70.4 Å². The number of hydrogen-bond acceptors (Lipinski definition) is 15.